The Hall–Kier alpha value is -1.46. The Kier molecular flexibility index (Phi) is 3.48. The summed E-state index contributed by atoms with van der Waals surface area (Å²) in [5.74, 6) is 0.809. The number of anilines is 1. The first-order chi connectivity index (χ1) is 7.79. The van der Waals surface area contributed by atoms with E-state index in [2.05, 4.69) is 26.8 Å². The van der Waals surface area contributed by atoms with Gasteiger partial charge in [0.1, 0.15) is 5.82 Å². The molecule has 0 atom stereocenters. The normalized spacial score (nSPS) is 10.4. The lowest BCUT2D eigenvalue weighted by Crippen LogP contribution is -2.17. The summed E-state index contributed by atoms with van der Waals surface area (Å²) in [4.78, 5) is 10.4. The molecule has 0 radical (unpaired) electrons. The monoisotopic (exact) mass is 235 g/mol. The van der Waals surface area contributed by atoms with Crippen LogP contribution in [-0.4, -0.2) is 22.1 Å². The summed E-state index contributed by atoms with van der Waals surface area (Å²) >= 11 is 1.69. The Morgan fingerprint density at radius 3 is 2.81 bits per heavy atom. The first-order valence-electron chi connectivity index (χ1n) is 4.93. The largest absolute Gasteiger partial charge is 0.390 e. The zero-order chi connectivity index (χ0) is 11.4. The zero-order valence-electron chi connectivity index (χ0n) is 9.00. The topological polar surface area (TPSA) is 49.2 Å². The molecule has 2 aromatic rings. The Labute approximate surface area is 98.2 Å². The summed E-state index contributed by atoms with van der Waals surface area (Å²) in [6.07, 6.45) is 3.28. The van der Waals surface area contributed by atoms with E-state index in [1.54, 1.807) is 23.7 Å². The number of nitrogens with zero attached hydrogens (tertiary/aromatic N) is 3. The maximum atomic E-state index is 8.86. The van der Waals surface area contributed by atoms with E-state index in [1.165, 1.54) is 5.56 Å². The molecule has 16 heavy (non-hydrogen) atoms. The van der Waals surface area contributed by atoms with E-state index in [9.17, 15) is 0 Å². The highest BCUT2D eigenvalue weighted by molar-refractivity contribution is 7.07. The number of aromatic nitrogens is 2. The summed E-state index contributed by atoms with van der Waals surface area (Å²) in [6, 6.07) is 2.09. The van der Waals surface area contributed by atoms with Gasteiger partial charge in [0, 0.05) is 13.6 Å². The summed E-state index contributed by atoms with van der Waals surface area (Å²) in [5.41, 5.74) is 1.85. The number of thiophene rings is 1. The predicted octanol–water partition coefficient (Wildman–Crippen LogP) is 1.67. The molecule has 0 unspecified atom stereocenters. The van der Waals surface area contributed by atoms with Gasteiger partial charge in [-0.3, -0.25) is 4.98 Å². The van der Waals surface area contributed by atoms with Gasteiger partial charge in [-0.15, -0.1) is 0 Å². The second-order valence-electron chi connectivity index (χ2n) is 3.51. The Morgan fingerprint density at radius 1 is 1.38 bits per heavy atom. The minimum Gasteiger partial charge on any atom is -0.390 e. The van der Waals surface area contributed by atoms with E-state index in [0.29, 0.717) is 5.69 Å². The number of aliphatic hydroxyl groups excluding tert-OH is 1. The van der Waals surface area contributed by atoms with Crippen LogP contribution in [0.4, 0.5) is 5.82 Å². The maximum Gasteiger partial charge on any atom is 0.147 e. The van der Waals surface area contributed by atoms with E-state index < -0.39 is 0 Å². The van der Waals surface area contributed by atoms with E-state index in [-0.39, 0.29) is 6.61 Å². The third-order valence-corrected chi connectivity index (χ3v) is 2.98. The molecule has 0 saturated carbocycles. The fraction of sp³-hybridized carbons (Fsp3) is 0.273. The molecule has 0 aliphatic carbocycles. The number of rotatable bonds is 4. The molecule has 0 aromatic carbocycles. The second kappa shape index (κ2) is 5.05. The van der Waals surface area contributed by atoms with Crippen LogP contribution in [0.5, 0.6) is 0 Å². The van der Waals surface area contributed by atoms with Gasteiger partial charge in [-0.2, -0.15) is 11.3 Å². The van der Waals surface area contributed by atoms with Crippen LogP contribution < -0.4 is 4.90 Å². The predicted molar refractivity (Wildman–Crippen MR) is 64.4 cm³/mol. The van der Waals surface area contributed by atoms with E-state index in [4.69, 9.17) is 5.11 Å². The van der Waals surface area contributed by atoms with Crippen molar-refractivity contribution >= 4 is 17.2 Å². The zero-order valence-corrected chi connectivity index (χ0v) is 9.81. The van der Waals surface area contributed by atoms with Crippen LogP contribution in [0.2, 0.25) is 0 Å². The third-order valence-electron chi connectivity index (χ3n) is 2.24. The first kappa shape index (κ1) is 11.0. The van der Waals surface area contributed by atoms with Crippen LogP contribution >= 0.6 is 11.3 Å². The average molecular weight is 235 g/mol. The van der Waals surface area contributed by atoms with Crippen LogP contribution in [0.3, 0.4) is 0 Å². The van der Waals surface area contributed by atoms with Gasteiger partial charge in [-0.1, -0.05) is 0 Å². The van der Waals surface area contributed by atoms with Crippen molar-refractivity contribution in [2.75, 3.05) is 11.9 Å². The third kappa shape index (κ3) is 2.56. The quantitative estimate of drug-likeness (QED) is 0.875. The molecule has 84 valence electrons. The molecule has 0 bridgehead atoms. The average Bonchev–Trinajstić information content (AvgIpc) is 2.82. The fourth-order valence-corrected chi connectivity index (χ4v) is 2.02. The minimum absolute atomic E-state index is 0.0679. The standard InChI is InChI=1S/C11H13N3OS/c1-14(6-9-2-3-16-8-9)11-5-12-10(7-15)4-13-11/h2-5,8,15H,6-7H2,1H3. The van der Waals surface area contributed by atoms with Gasteiger partial charge in [0.2, 0.25) is 0 Å². The van der Waals surface area contributed by atoms with E-state index in [0.717, 1.165) is 12.4 Å². The van der Waals surface area contributed by atoms with Crippen molar-refractivity contribution in [1.29, 1.82) is 0 Å². The second-order valence-corrected chi connectivity index (χ2v) is 4.29. The molecular formula is C11H13N3OS. The van der Waals surface area contributed by atoms with Crippen molar-refractivity contribution in [1.82, 2.24) is 9.97 Å². The van der Waals surface area contributed by atoms with Crippen molar-refractivity contribution in [3.63, 3.8) is 0 Å². The van der Waals surface area contributed by atoms with E-state index >= 15 is 0 Å². The summed E-state index contributed by atoms with van der Waals surface area (Å²) in [6.45, 7) is 0.748. The lowest BCUT2D eigenvalue weighted by molar-refractivity contribution is 0.276. The van der Waals surface area contributed by atoms with Gasteiger partial charge in [-0.05, 0) is 22.4 Å². The van der Waals surface area contributed by atoms with Crippen molar-refractivity contribution in [3.8, 4) is 0 Å². The highest BCUT2D eigenvalue weighted by atomic mass is 32.1. The lowest BCUT2D eigenvalue weighted by Gasteiger charge is -2.16. The molecule has 0 saturated heterocycles. The molecule has 2 aromatic heterocycles. The number of hydrogen-bond donors (Lipinski definition) is 1. The van der Waals surface area contributed by atoms with Gasteiger partial charge in [0.25, 0.3) is 0 Å². The molecule has 0 spiro atoms. The molecule has 5 heteroatoms. The molecule has 2 rings (SSSR count). The SMILES string of the molecule is CN(Cc1ccsc1)c1cnc(CO)cn1. The first-order valence-corrected chi connectivity index (χ1v) is 5.88. The van der Waals surface area contributed by atoms with Crippen LogP contribution in [0.25, 0.3) is 0 Å². The molecule has 0 fully saturated rings. The van der Waals surface area contributed by atoms with Crippen molar-refractivity contribution in [3.05, 3.63) is 40.5 Å². The van der Waals surface area contributed by atoms with Crippen LogP contribution in [-0.2, 0) is 13.2 Å². The summed E-state index contributed by atoms with van der Waals surface area (Å²) < 4.78 is 0. The van der Waals surface area contributed by atoms with Crippen molar-refractivity contribution in [2.24, 2.45) is 0 Å². The number of aliphatic hydroxyl groups is 1. The molecule has 4 nitrogen and oxygen atoms in total. The molecule has 0 aliphatic heterocycles. The highest BCUT2D eigenvalue weighted by Crippen LogP contribution is 2.13. The van der Waals surface area contributed by atoms with Gasteiger partial charge < -0.3 is 10.0 Å². The minimum atomic E-state index is -0.0679. The van der Waals surface area contributed by atoms with Gasteiger partial charge in [0.15, 0.2) is 0 Å². The Balaban J connectivity index is 2.05. The molecule has 1 N–H and O–H groups in total. The fourth-order valence-electron chi connectivity index (χ4n) is 1.36. The van der Waals surface area contributed by atoms with Crippen LogP contribution in [0.15, 0.2) is 29.2 Å². The van der Waals surface area contributed by atoms with Crippen molar-refractivity contribution < 1.29 is 5.11 Å². The van der Waals surface area contributed by atoms with Crippen LogP contribution in [0, 0.1) is 0 Å². The molecule has 0 amide bonds. The van der Waals surface area contributed by atoms with Crippen LogP contribution in [0.1, 0.15) is 11.3 Å². The smallest absolute Gasteiger partial charge is 0.147 e. The van der Waals surface area contributed by atoms with Gasteiger partial charge in [0.05, 0.1) is 24.7 Å². The molecule has 0 aliphatic rings. The Bertz CT molecular complexity index is 427. The van der Waals surface area contributed by atoms with Gasteiger partial charge in [-0.25, -0.2) is 4.98 Å². The molecular weight excluding hydrogens is 222 g/mol. The van der Waals surface area contributed by atoms with Gasteiger partial charge >= 0.3 is 0 Å². The highest BCUT2D eigenvalue weighted by Gasteiger charge is 2.04. The maximum absolute atomic E-state index is 8.86. The summed E-state index contributed by atoms with van der Waals surface area (Å²) in [5, 5.41) is 13.0. The van der Waals surface area contributed by atoms with Crippen molar-refractivity contribution in [2.45, 2.75) is 13.2 Å². The van der Waals surface area contributed by atoms with E-state index in [1.807, 2.05) is 11.9 Å². The molecule has 2 heterocycles. The lowest BCUT2D eigenvalue weighted by atomic mass is 10.3. The number of hydrogen-bond acceptors (Lipinski definition) is 5. The summed E-state index contributed by atoms with van der Waals surface area (Å²) in [7, 11) is 1.97. The Morgan fingerprint density at radius 2 is 2.25 bits per heavy atom.